The molecule has 0 radical (unpaired) electrons. The number of carboxylic acid groups (broad SMARTS) is 1. The lowest BCUT2D eigenvalue weighted by atomic mass is 9.78. The Kier molecular flexibility index (Phi) is 6.00. The average molecular weight is 346 g/mol. The van der Waals surface area contributed by atoms with Gasteiger partial charge in [-0.3, -0.25) is 4.79 Å². The molecule has 1 aromatic rings. The standard InChI is InChI=1S/C21H30O4/c22-19(13-20(23)24)16-11-17(14-7-3-1-4-8-14)21(25)18(12-16)15-9-5-2-6-10-15/h11-12,14-15,19,22,25H,1-10,13H2,(H,23,24). The molecule has 4 heteroatoms. The van der Waals surface area contributed by atoms with Crippen LogP contribution in [0.5, 0.6) is 5.75 Å². The fourth-order valence-corrected chi connectivity index (χ4v) is 4.63. The third-order valence-electron chi connectivity index (χ3n) is 6.03. The predicted molar refractivity (Wildman–Crippen MR) is 97.0 cm³/mol. The maximum atomic E-state index is 11.0. The summed E-state index contributed by atoms with van der Waals surface area (Å²) < 4.78 is 0. The van der Waals surface area contributed by atoms with Gasteiger partial charge in [-0.1, -0.05) is 38.5 Å². The first-order valence-corrected chi connectivity index (χ1v) is 9.83. The summed E-state index contributed by atoms with van der Waals surface area (Å²) in [5.74, 6) is 0.0604. The lowest BCUT2D eigenvalue weighted by Crippen LogP contribution is -2.12. The van der Waals surface area contributed by atoms with Crippen molar-refractivity contribution in [3.63, 3.8) is 0 Å². The molecular weight excluding hydrogens is 316 g/mol. The number of phenols is 1. The van der Waals surface area contributed by atoms with Gasteiger partial charge in [-0.15, -0.1) is 0 Å². The van der Waals surface area contributed by atoms with Gasteiger partial charge in [0, 0.05) is 0 Å². The molecule has 0 spiro atoms. The van der Waals surface area contributed by atoms with Crippen LogP contribution in [0.1, 0.15) is 105 Å². The van der Waals surface area contributed by atoms with E-state index in [1.807, 2.05) is 12.1 Å². The van der Waals surface area contributed by atoms with E-state index in [1.54, 1.807) is 0 Å². The summed E-state index contributed by atoms with van der Waals surface area (Å²) in [5.41, 5.74) is 2.52. The lowest BCUT2D eigenvalue weighted by molar-refractivity contribution is -0.139. The Morgan fingerprint density at radius 2 is 1.36 bits per heavy atom. The highest BCUT2D eigenvalue weighted by Gasteiger charge is 2.27. The van der Waals surface area contributed by atoms with E-state index in [9.17, 15) is 15.0 Å². The van der Waals surface area contributed by atoms with Crippen LogP contribution < -0.4 is 0 Å². The molecule has 1 unspecified atom stereocenters. The number of aliphatic carboxylic acids is 1. The predicted octanol–water partition coefficient (Wildman–Crippen LogP) is 5.00. The molecule has 4 nitrogen and oxygen atoms in total. The van der Waals surface area contributed by atoms with Crippen LogP contribution in [0.25, 0.3) is 0 Å². The molecule has 138 valence electrons. The van der Waals surface area contributed by atoms with Gasteiger partial charge in [0.2, 0.25) is 0 Å². The molecule has 0 aromatic heterocycles. The van der Waals surface area contributed by atoms with Crippen molar-refractivity contribution in [1.82, 2.24) is 0 Å². The minimum absolute atomic E-state index is 0.293. The molecule has 1 atom stereocenters. The summed E-state index contributed by atoms with van der Waals surface area (Å²) in [6.07, 6.45) is 10.1. The van der Waals surface area contributed by atoms with Crippen molar-refractivity contribution in [2.75, 3.05) is 0 Å². The number of hydrogen-bond acceptors (Lipinski definition) is 3. The zero-order valence-corrected chi connectivity index (χ0v) is 14.9. The highest BCUT2D eigenvalue weighted by Crippen LogP contribution is 2.45. The Morgan fingerprint density at radius 1 is 0.920 bits per heavy atom. The van der Waals surface area contributed by atoms with Crippen LogP contribution in [0.4, 0.5) is 0 Å². The van der Waals surface area contributed by atoms with Gasteiger partial charge in [0.05, 0.1) is 12.5 Å². The van der Waals surface area contributed by atoms with Crippen LogP contribution in [-0.2, 0) is 4.79 Å². The Balaban J connectivity index is 1.98. The number of phenolic OH excluding ortho intramolecular Hbond substituents is 1. The first-order chi connectivity index (χ1) is 12.1. The molecule has 0 amide bonds. The molecule has 2 fully saturated rings. The summed E-state index contributed by atoms with van der Waals surface area (Å²) in [5, 5.41) is 30.4. The molecular formula is C21H30O4. The molecule has 3 rings (SSSR count). The number of carbonyl (C=O) groups is 1. The van der Waals surface area contributed by atoms with Crippen molar-refractivity contribution in [1.29, 1.82) is 0 Å². The van der Waals surface area contributed by atoms with Gasteiger partial charge >= 0.3 is 5.97 Å². The minimum atomic E-state index is -1.01. The van der Waals surface area contributed by atoms with Crippen LogP contribution in [0, 0.1) is 0 Å². The third kappa shape index (κ3) is 4.35. The average Bonchev–Trinajstić information content (AvgIpc) is 2.62. The van der Waals surface area contributed by atoms with Gasteiger partial charge in [0.25, 0.3) is 0 Å². The maximum Gasteiger partial charge on any atom is 0.306 e. The fraction of sp³-hybridized carbons (Fsp3) is 0.667. The fourth-order valence-electron chi connectivity index (χ4n) is 4.63. The van der Waals surface area contributed by atoms with Crippen molar-refractivity contribution in [2.24, 2.45) is 0 Å². The van der Waals surface area contributed by atoms with E-state index in [2.05, 4.69) is 0 Å². The molecule has 2 aliphatic carbocycles. The smallest absolute Gasteiger partial charge is 0.306 e. The molecule has 0 heterocycles. The monoisotopic (exact) mass is 346 g/mol. The Hall–Kier alpha value is -1.55. The van der Waals surface area contributed by atoms with Gasteiger partial charge in [0.1, 0.15) is 5.75 Å². The van der Waals surface area contributed by atoms with Gasteiger partial charge in [-0.05, 0) is 66.3 Å². The zero-order valence-electron chi connectivity index (χ0n) is 14.9. The topological polar surface area (TPSA) is 77.8 Å². The van der Waals surface area contributed by atoms with Crippen LogP contribution in [-0.4, -0.2) is 21.3 Å². The largest absolute Gasteiger partial charge is 0.507 e. The Labute approximate surface area is 149 Å². The molecule has 1 aromatic carbocycles. The van der Waals surface area contributed by atoms with Gasteiger partial charge < -0.3 is 15.3 Å². The molecule has 25 heavy (non-hydrogen) atoms. The summed E-state index contributed by atoms with van der Waals surface area (Å²) >= 11 is 0. The summed E-state index contributed by atoms with van der Waals surface area (Å²) in [4.78, 5) is 11.0. The van der Waals surface area contributed by atoms with Crippen molar-refractivity contribution < 1.29 is 20.1 Å². The second-order valence-corrected chi connectivity index (χ2v) is 7.83. The second kappa shape index (κ2) is 8.22. The molecule has 2 saturated carbocycles. The quantitative estimate of drug-likeness (QED) is 0.701. The highest BCUT2D eigenvalue weighted by atomic mass is 16.4. The van der Waals surface area contributed by atoms with Crippen LogP contribution >= 0.6 is 0 Å². The van der Waals surface area contributed by atoms with Gasteiger partial charge in [0.15, 0.2) is 0 Å². The highest BCUT2D eigenvalue weighted by molar-refractivity contribution is 5.67. The minimum Gasteiger partial charge on any atom is -0.507 e. The molecule has 2 aliphatic rings. The van der Waals surface area contributed by atoms with E-state index in [0.29, 0.717) is 23.1 Å². The Bertz CT molecular complexity index is 559. The third-order valence-corrected chi connectivity index (χ3v) is 6.03. The number of benzene rings is 1. The molecule has 0 bridgehead atoms. The summed E-state index contributed by atoms with van der Waals surface area (Å²) in [6.45, 7) is 0. The molecule has 3 N–H and O–H groups in total. The number of aromatic hydroxyl groups is 1. The number of aliphatic hydroxyl groups is 1. The van der Waals surface area contributed by atoms with E-state index >= 15 is 0 Å². The normalized spacial score (nSPS) is 21.2. The van der Waals surface area contributed by atoms with E-state index in [-0.39, 0.29) is 6.42 Å². The van der Waals surface area contributed by atoms with Crippen molar-refractivity contribution in [2.45, 2.75) is 88.6 Å². The maximum absolute atomic E-state index is 11.0. The number of rotatable bonds is 5. The summed E-state index contributed by atoms with van der Waals surface area (Å²) in [6, 6.07) is 3.73. The summed E-state index contributed by atoms with van der Waals surface area (Å²) in [7, 11) is 0. The van der Waals surface area contributed by atoms with Crippen molar-refractivity contribution in [3.8, 4) is 5.75 Å². The van der Waals surface area contributed by atoms with E-state index in [4.69, 9.17) is 5.11 Å². The van der Waals surface area contributed by atoms with Gasteiger partial charge in [-0.2, -0.15) is 0 Å². The van der Waals surface area contributed by atoms with E-state index < -0.39 is 12.1 Å². The van der Waals surface area contributed by atoms with Crippen LogP contribution in [0.2, 0.25) is 0 Å². The molecule has 0 aliphatic heterocycles. The van der Waals surface area contributed by atoms with Crippen LogP contribution in [0.3, 0.4) is 0 Å². The lowest BCUT2D eigenvalue weighted by Gasteiger charge is -2.29. The van der Waals surface area contributed by atoms with E-state index in [1.165, 1.54) is 38.5 Å². The number of aliphatic hydroxyl groups excluding tert-OH is 1. The van der Waals surface area contributed by atoms with Crippen molar-refractivity contribution >= 4 is 5.97 Å². The van der Waals surface area contributed by atoms with Crippen LogP contribution in [0.15, 0.2) is 12.1 Å². The first-order valence-electron chi connectivity index (χ1n) is 9.83. The van der Waals surface area contributed by atoms with Crippen molar-refractivity contribution in [3.05, 3.63) is 28.8 Å². The second-order valence-electron chi connectivity index (χ2n) is 7.83. The zero-order chi connectivity index (χ0) is 17.8. The Morgan fingerprint density at radius 3 is 1.76 bits per heavy atom. The number of carboxylic acids is 1. The first kappa shape index (κ1) is 18.2. The van der Waals surface area contributed by atoms with E-state index in [0.717, 1.165) is 36.8 Å². The molecule has 0 saturated heterocycles. The number of hydrogen-bond donors (Lipinski definition) is 3. The van der Waals surface area contributed by atoms with Gasteiger partial charge in [-0.25, -0.2) is 0 Å². The SMILES string of the molecule is O=C(O)CC(O)c1cc(C2CCCCC2)c(O)c(C2CCCCC2)c1.